The molecule has 2 aromatic carbocycles. The molecule has 1 amide bonds. The van der Waals surface area contributed by atoms with Gasteiger partial charge in [-0.25, -0.2) is 4.79 Å². The van der Waals surface area contributed by atoms with E-state index in [2.05, 4.69) is 5.32 Å². The van der Waals surface area contributed by atoms with Gasteiger partial charge in [0, 0.05) is 11.0 Å². The number of hydrogen-bond acceptors (Lipinski definition) is 6. The van der Waals surface area contributed by atoms with E-state index in [9.17, 15) is 9.59 Å². The summed E-state index contributed by atoms with van der Waals surface area (Å²) in [5.74, 6) is -0.121. The number of carbonyl (C=O) groups excluding carboxylic acids is 2. The van der Waals surface area contributed by atoms with Crippen LogP contribution in [0.3, 0.4) is 0 Å². The molecule has 7 heteroatoms. The lowest BCUT2D eigenvalue weighted by Crippen LogP contribution is -2.21. The highest BCUT2D eigenvalue weighted by Crippen LogP contribution is 2.25. The van der Waals surface area contributed by atoms with Crippen molar-refractivity contribution in [3.8, 4) is 11.5 Å². The molecule has 0 bridgehead atoms. The van der Waals surface area contributed by atoms with Crippen LogP contribution in [-0.4, -0.2) is 39.0 Å². The minimum Gasteiger partial charge on any atom is -0.497 e. The summed E-state index contributed by atoms with van der Waals surface area (Å²) in [5.41, 5.74) is 0.924. The summed E-state index contributed by atoms with van der Waals surface area (Å²) in [7, 11) is 2.97. The van der Waals surface area contributed by atoms with E-state index in [4.69, 9.17) is 14.2 Å². The Bertz CT molecular complexity index is 741. The van der Waals surface area contributed by atoms with E-state index in [-0.39, 0.29) is 12.2 Å². The maximum atomic E-state index is 12.1. The van der Waals surface area contributed by atoms with E-state index in [1.54, 1.807) is 12.1 Å². The average molecular weight is 361 g/mol. The Balaban J connectivity index is 1.98. The molecule has 25 heavy (non-hydrogen) atoms. The maximum Gasteiger partial charge on any atom is 0.338 e. The van der Waals surface area contributed by atoms with Crippen LogP contribution in [0.15, 0.2) is 47.4 Å². The van der Waals surface area contributed by atoms with Crippen LogP contribution >= 0.6 is 11.8 Å². The molecule has 0 aliphatic heterocycles. The molecule has 0 heterocycles. The lowest BCUT2D eigenvalue weighted by molar-refractivity contribution is -0.119. The van der Waals surface area contributed by atoms with Crippen molar-refractivity contribution in [3.05, 3.63) is 48.0 Å². The van der Waals surface area contributed by atoms with E-state index < -0.39 is 11.9 Å². The number of hydrogen-bond donors (Lipinski definition) is 1. The Kier molecular flexibility index (Phi) is 6.71. The lowest BCUT2D eigenvalue weighted by Gasteiger charge is -2.10. The first-order chi connectivity index (χ1) is 12.1. The average Bonchev–Trinajstić information content (AvgIpc) is 2.65. The highest BCUT2D eigenvalue weighted by molar-refractivity contribution is 7.98. The Morgan fingerprint density at radius 1 is 1.04 bits per heavy atom. The van der Waals surface area contributed by atoms with Gasteiger partial charge in [0.05, 0.1) is 25.5 Å². The number of esters is 1. The minimum absolute atomic E-state index is 0.244. The Hall–Kier alpha value is -2.67. The number of amides is 1. The van der Waals surface area contributed by atoms with Crippen molar-refractivity contribution in [2.75, 3.05) is 32.4 Å². The van der Waals surface area contributed by atoms with Gasteiger partial charge >= 0.3 is 5.97 Å². The number of methoxy groups -OCH3 is 2. The van der Waals surface area contributed by atoms with Crippen molar-refractivity contribution in [1.82, 2.24) is 0 Å². The van der Waals surface area contributed by atoms with Crippen molar-refractivity contribution < 1.29 is 23.8 Å². The molecule has 2 rings (SSSR count). The monoisotopic (exact) mass is 361 g/mol. The number of rotatable bonds is 7. The second-order valence-corrected chi connectivity index (χ2v) is 5.77. The van der Waals surface area contributed by atoms with E-state index >= 15 is 0 Å². The molecule has 0 saturated heterocycles. The van der Waals surface area contributed by atoms with Gasteiger partial charge in [0.1, 0.15) is 11.5 Å². The van der Waals surface area contributed by atoms with Crippen molar-refractivity contribution in [1.29, 1.82) is 0 Å². The number of anilines is 1. The molecule has 0 saturated carbocycles. The SMILES string of the molecule is COc1cc(OC)cc(C(=O)OCC(=O)Nc2ccccc2SC)c1. The fourth-order valence-corrected chi connectivity index (χ4v) is 2.63. The molecule has 0 aliphatic carbocycles. The molecule has 1 N–H and O–H groups in total. The van der Waals surface area contributed by atoms with Crippen LogP contribution < -0.4 is 14.8 Å². The zero-order valence-corrected chi connectivity index (χ0v) is 15.0. The summed E-state index contributed by atoms with van der Waals surface area (Å²) in [4.78, 5) is 25.1. The van der Waals surface area contributed by atoms with Crippen molar-refractivity contribution in [3.63, 3.8) is 0 Å². The number of thioether (sulfide) groups is 1. The van der Waals surface area contributed by atoms with Gasteiger partial charge in [-0.2, -0.15) is 0 Å². The lowest BCUT2D eigenvalue weighted by atomic mass is 10.2. The predicted octanol–water partition coefficient (Wildman–Crippen LogP) is 3.22. The molecule has 0 unspecified atom stereocenters. The summed E-state index contributed by atoms with van der Waals surface area (Å²) in [6.07, 6.45) is 1.92. The van der Waals surface area contributed by atoms with Gasteiger partial charge in [-0.15, -0.1) is 11.8 Å². The molecular formula is C18H19NO5S. The number of ether oxygens (including phenoxy) is 3. The van der Waals surface area contributed by atoms with Gasteiger partial charge < -0.3 is 19.5 Å². The molecule has 0 fully saturated rings. The number of benzene rings is 2. The van der Waals surface area contributed by atoms with Gasteiger partial charge in [0.15, 0.2) is 6.61 Å². The fourth-order valence-electron chi connectivity index (χ4n) is 2.07. The number of carbonyl (C=O) groups is 2. The number of para-hydroxylation sites is 1. The molecule has 0 spiro atoms. The smallest absolute Gasteiger partial charge is 0.338 e. The molecule has 0 aliphatic rings. The Morgan fingerprint density at radius 3 is 2.28 bits per heavy atom. The zero-order chi connectivity index (χ0) is 18.2. The summed E-state index contributed by atoms with van der Waals surface area (Å²) < 4.78 is 15.3. The summed E-state index contributed by atoms with van der Waals surface area (Å²) in [5, 5.41) is 2.73. The van der Waals surface area contributed by atoms with E-state index in [0.29, 0.717) is 17.2 Å². The highest BCUT2D eigenvalue weighted by Gasteiger charge is 2.14. The molecule has 0 aromatic heterocycles. The standard InChI is InChI=1S/C18H19NO5S/c1-22-13-8-12(9-14(10-13)23-2)18(21)24-11-17(20)19-15-6-4-5-7-16(15)25-3/h4-10H,11H2,1-3H3,(H,19,20). The van der Waals surface area contributed by atoms with Crippen LogP contribution in [0.2, 0.25) is 0 Å². The van der Waals surface area contributed by atoms with Gasteiger partial charge in [-0.05, 0) is 30.5 Å². The molecule has 0 atom stereocenters. The van der Waals surface area contributed by atoms with Crippen LogP contribution in [-0.2, 0) is 9.53 Å². The normalized spacial score (nSPS) is 10.0. The summed E-state index contributed by atoms with van der Waals surface area (Å²) >= 11 is 1.52. The van der Waals surface area contributed by atoms with Gasteiger partial charge in [0.25, 0.3) is 5.91 Å². The molecule has 0 radical (unpaired) electrons. The van der Waals surface area contributed by atoms with E-state index in [0.717, 1.165) is 4.90 Å². The zero-order valence-electron chi connectivity index (χ0n) is 14.2. The first-order valence-electron chi connectivity index (χ1n) is 7.40. The maximum absolute atomic E-state index is 12.1. The minimum atomic E-state index is -0.634. The first-order valence-corrected chi connectivity index (χ1v) is 8.63. The summed E-state index contributed by atoms with van der Waals surface area (Å²) in [6.45, 7) is -0.388. The van der Waals surface area contributed by atoms with Crippen molar-refractivity contribution in [2.24, 2.45) is 0 Å². The van der Waals surface area contributed by atoms with E-state index in [1.165, 1.54) is 38.1 Å². The molecule has 132 valence electrons. The van der Waals surface area contributed by atoms with Gasteiger partial charge in [0.2, 0.25) is 0 Å². The van der Waals surface area contributed by atoms with Crippen LogP contribution in [0.4, 0.5) is 5.69 Å². The molecular weight excluding hydrogens is 342 g/mol. The Morgan fingerprint density at radius 2 is 1.68 bits per heavy atom. The van der Waals surface area contributed by atoms with Crippen LogP contribution in [0.5, 0.6) is 11.5 Å². The third kappa shape index (κ3) is 5.15. The second-order valence-electron chi connectivity index (χ2n) is 4.93. The van der Waals surface area contributed by atoms with Gasteiger partial charge in [-0.1, -0.05) is 12.1 Å². The largest absolute Gasteiger partial charge is 0.497 e. The summed E-state index contributed by atoms with van der Waals surface area (Å²) in [6, 6.07) is 12.1. The molecule has 2 aromatic rings. The topological polar surface area (TPSA) is 73.9 Å². The van der Waals surface area contributed by atoms with Crippen molar-refractivity contribution >= 4 is 29.3 Å². The highest BCUT2D eigenvalue weighted by atomic mass is 32.2. The first kappa shape index (κ1) is 18.7. The van der Waals surface area contributed by atoms with Gasteiger partial charge in [-0.3, -0.25) is 4.79 Å². The van der Waals surface area contributed by atoms with Crippen LogP contribution in [0, 0.1) is 0 Å². The second kappa shape index (κ2) is 8.98. The van der Waals surface area contributed by atoms with E-state index in [1.807, 2.05) is 24.5 Å². The Labute approximate surface area is 150 Å². The fraction of sp³-hybridized carbons (Fsp3) is 0.222. The van der Waals surface area contributed by atoms with Crippen LogP contribution in [0.25, 0.3) is 0 Å². The third-order valence-electron chi connectivity index (χ3n) is 3.30. The van der Waals surface area contributed by atoms with Crippen molar-refractivity contribution in [2.45, 2.75) is 4.90 Å². The number of nitrogens with one attached hydrogen (secondary N) is 1. The predicted molar refractivity (Wildman–Crippen MR) is 96.7 cm³/mol. The van der Waals surface area contributed by atoms with Crippen LogP contribution in [0.1, 0.15) is 10.4 Å². The quantitative estimate of drug-likeness (QED) is 0.603. The molecule has 6 nitrogen and oxygen atoms in total. The third-order valence-corrected chi connectivity index (χ3v) is 4.10.